The van der Waals surface area contributed by atoms with Gasteiger partial charge in [0.15, 0.2) is 0 Å². The summed E-state index contributed by atoms with van der Waals surface area (Å²) < 4.78 is 43.9. The van der Waals surface area contributed by atoms with Gasteiger partial charge in [-0.05, 0) is 88.6 Å². The van der Waals surface area contributed by atoms with E-state index in [1.807, 2.05) is 13.0 Å². The van der Waals surface area contributed by atoms with Crippen molar-refractivity contribution in [1.29, 1.82) is 0 Å². The number of alkyl halides is 3. The topological polar surface area (TPSA) is 58.6 Å². The van der Waals surface area contributed by atoms with Crippen molar-refractivity contribution in [3.05, 3.63) is 65.3 Å². The van der Waals surface area contributed by atoms with E-state index in [2.05, 4.69) is 38.2 Å². The molecule has 0 fully saturated rings. The van der Waals surface area contributed by atoms with E-state index in [1.54, 1.807) is 13.0 Å². The number of nitrogens with one attached hydrogen (secondary N) is 1. The summed E-state index contributed by atoms with van der Waals surface area (Å²) in [4.78, 5) is 12.5. The molecule has 3 atom stereocenters. The Morgan fingerprint density at radius 1 is 1.14 bits per heavy atom. The first-order valence-electron chi connectivity index (χ1n) is 12.1. The zero-order chi connectivity index (χ0) is 26.2. The first-order valence-corrected chi connectivity index (χ1v) is 12.1. The van der Waals surface area contributed by atoms with Gasteiger partial charge in [-0.2, -0.15) is 13.2 Å². The lowest BCUT2D eigenvalue weighted by Crippen LogP contribution is -2.31. The second-order valence-electron chi connectivity index (χ2n) is 10.1. The molecule has 0 unspecified atom stereocenters. The van der Waals surface area contributed by atoms with E-state index in [0.717, 1.165) is 43.4 Å². The average molecular weight is 494 g/mol. The van der Waals surface area contributed by atoms with Gasteiger partial charge in [-0.15, -0.1) is 0 Å². The normalized spacial score (nSPS) is 28.7. The van der Waals surface area contributed by atoms with Crippen LogP contribution in [0.2, 0.25) is 0 Å². The number of benzene rings is 1. The number of ether oxygens (including phenoxy) is 1. The van der Waals surface area contributed by atoms with Crippen LogP contribution in [0.15, 0.2) is 59.7 Å². The predicted octanol–water partition coefficient (Wildman–Crippen LogP) is 8.06. The van der Waals surface area contributed by atoms with Crippen molar-refractivity contribution in [3.8, 4) is 0 Å². The number of amides is 1. The van der Waals surface area contributed by atoms with E-state index >= 15 is 0 Å². The molecule has 0 heterocycles. The molecular formula is C28H38F3NO3. The maximum atomic E-state index is 12.8. The predicted molar refractivity (Wildman–Crippen MR) is 134 cm³/mol. The van der Waals surface area contributed by atoms with Crippen LogP contribution in [0.25, 0.3) is 0 Å². The number of aliphatic hydroxyl groups is 1. The number of allylic oxidation sites excluding steroid dienone is 4. The van der Waals surface area contributed by atoms with Gasteiger partial charge in [-0.3, -0.25) is 5.32 Å². The van der Waals surface area contributed by atoms with Gasteiger partial charge in [-0.25, -0.2) is 4.79 Å². The summed E-state index contributed by atoms with van der Waals surface area (Å²) in [5.74, 6) is 0.735. The second kappa shape index (κ2) is 12.4. The van der Waals surface area contributed by atoms with Gasteiger partial charge >= 0.3 is 12.3 Å². The van der Waals surface area contributed by atoms with Crippen molar-refractivity contribution in [1.82, 2.24) is 0 Å². The number of halogens is 3. The van der Waals surface area contributed by atoms with Gasteiger partial charge in [0.2, 0.25) is 0 Å². The minimum absolute atomic E-state index is 0.154. The van der Waals surface area contributed by atoms with Crippen molar-refractivity contribution in [2.24, 2.45) is 11.8 Å². The number of carbonyl (C=O) groups is 1. The molecule has 194 valence electrons. The zero-order valence-corrected chi connectivity index (χ0v) is 21.3. The lowest BCUT2D eigenvalue weighted by Gasteiger charge is -2.26. The lowest BCUT2D eigenvalue weighted by molar-refractivity contribution is -0.137. The SMILES string of the molecule is C/C1=C\[C@H](OC(=O)Nc2ccc(C(F)(F)F)cc2)C[C@](C)(O)/C=C/[C@H](C(C)C)CC/C(C)=C/CC1. The monoisotopic (exact) mass is 493 g/mol. The summed E-state index contributed by atoms with van der Waals surface area (Å²) >= 11 is 0. The summed E-state index contributed by atoms with van der Waals surface area (Å²) in [7, 11) is 0. The van der Waals surface area contributed by atoms with Gasteiger partial charge in [0.25, 0.3) is 0 Å². The molecule has 0 saturated heterocycles. The fourth-order valence-corrected chi connectivity index (χ4v) is 4.06. The molecular weight excluding hydrogens is 455 g/mol. The summed E-state index contributed by atoms with van der Waals surface area (Å²) in [6, 6.07) is 4.16. The van der Waals surface area contributed by atoms with Crippen LogP contribution in [0.1, 0.15) is 72.3 Å². The Hall–Kier alpha value is -2.54. The van der Waals surface area contributed by atoms with Crippen LogP contribution in [0.4, 0.5) is 23.7 Å². The standard InChI is InChI=1S/C28H38F3NO3/c1-19(2)22-10-9-20(3)7-6-8-21(4)17-25(18-27(5,34)16-15-22)35-26(33)32-24-13-11-23(12-14-24)28(29,30)31/h7,11-17,19,22,25,34H,6,8-10,18H2,1-5H3,(H,32,33)/b16-15+,20-7+,21-17+/t22-,25+,27-/m1/s1. The molecule has 0 aromatic heterocycles. The molecule has 0 spiro atoms. The number of rotatable bonds is 3. The van der Waals surface area contributed by atoms with Crippen LogP contribution in [0.3, 0.4) is 0 Å². The number of anilines is 1. The maximum absolute atomic E-state index is 12.8. The number of hydrogen-bond donors (Lipinski definition) is 2. The van der Waals surface area contributed by atoms with Gasteiger partial charge in [0, 0.05) is 12.1 Å². The van der Waals surface area contributed by atoms with Gasteiger partial charge < -0.3 is 9.84 Å². The Morgan fingerprint density at radius 3 is 2.40 bits per heavy atom. The van der Waals surface area contributed by atoms with Crippen LogP contribution in [-0.2, 0) is 10.9 Å². The Labute approximate surface area is 207 Å². The van der Waals surface area contributed by atoms with Crippen LogP contribution < -0.4 is 5.32 Å². The molecule has 4 nitrogen and oxygen atoms in total. The molecule has 1 amide bonds. The Bertz CT molecular complexity index is 928. The van der Waals surface area contributed by atoms with E-state index < -0.39 is 29.5 Å². The van der Waals surface area contributed by atoms with Crippen molar-refractivity contribution in [2.45, 2.75) is 84.6 Å². The van der Waals surface area contributed by atoms with E-state index in [4.69, 9.17) is 4.74 Å². The smallest absolute Gasteiger partial charge is 0.416 e. The molecule has 0 radical (unpaired) electrons. The van der Waals surface area contributed by atoms with E-state index in [-0.39, 0.29) is 12.1 Å². The van der Waals surface area contributed by atoms with Crippen LogP contribution >= 0.6 is 0 Å². The molecule has 0 saturated carbocycles. The summed E-state index contributed by atoms with van der Waals surface area (Å²) in [5.41, 5.74) is 0.547. The summed E-state index contributed by atoms with van der Waals surface area (Å²) in [6.07, 6.45) is 5.79. The number of hydrogen-bond acceptors (Lipinski definition) is 3. The highest BCUT2D eigenvalue weighted by Gasteiger charge is 2.30. The molecule has 1 aromatic carbocycles. The minimum Gasteiger partial charge on any atom is -0.442 e. The summed E-state index contributed by atoms with van der Waals surface area (Å²) in [5, 5.41) is 13.5. The van der Waals surface area contributed by atoms with Crippen molar-refractivity contribution >= 4 is 11.8 Å². The fraction of sp³-hybridized carbons (Fsp3) is 0.536. The first kappa shape index (κ1) is 28.7. The highest BCUT2D eigenvalue weighted by molar-refractivity contribution is 5.84. The molecule has 2 rings (SSSR count). The van der Waals surface area contributed by atoms with E-state index in [1.165, 1.54) is 17.7 Å². The van der Waals surface area contributed by atoms with E-state index in [9.17, 15) is 23.1 Å². The molecule has 0 aliphatic heterocycles. The molecule has 2 N–H and O–H groups in total. The third-order valence-corrected chi connectivity index (χ3v) is 6.26. The molecule has 7 heteroatoms. The third kappa shape index (κ3) is 10.3. The fourth-order valence-electron chi connectivity index (χ4n) is 4.06. The highest BCUT2D eigenvalue weighted by atomic mass is 19.4. The van der Waals surface area contributed by atoms with E-state index in [0.29, 0.717) is 11.8 Å². The highest BCUT2D eigenvalue weighted by Crippen LogP contribution is 2.30. The minimum atomic E-state index is -4.45. The average Bonchev–Trinajstić information content (AvgIpc) is 2.72. The van der Waals surface area contributed by atoms with Crippen LogP contribution in [0, 0.1) is 11.8 Å². The molecule has 0 bridgehead atoms. The van der Waals surface area contributed by atoms with Gasteiger partial charge in [0.1, 0.15) is 6.10 Å². The largest absolute Gasteiger partial charge is 0.442 e. The first-order chi connectivity index (χ1) is 16.2. The number of carbonyl (C=O) groups excluding carboxylic acids is 1. The zero-order valence-electron chi connectivity index (χ0n) is 21.3. The second-order valence-corrected chi connectivity index (χ2v) is 10.1. The van der Waals surface area contributed by atoms with Crippen molar-refractivity contribution < 1.29 is 27.8 Å². The van der Waals surface area contributed by atoms with Crippen molar-refractivity contribution in [3.63, 3.8) is 0 Å². The third-order valence-electron chi connectivity index (χ3n) is 6.26. The molecule has 1 aliphatic rings. The Morgan fingerprint density at radius 2 is 1.80 bits per heavy atom. The quantitative estimate of drug-likeness (QED) is 0.419. The van der Waals surface area contributed by atoms with Crippen LogP contribution in [-0.4, -0.2) is 22.9 Å². The molecule has 1 aliphatic carbocycles. The van der Waals surface area contributed by atoms with Gasteiger partial charge in [-0.1, -0.05) is 43.2 Å². The lowest BCUT2D eigenvalue weighted by atomic mass is 9.86. The van der Waals surface area contributed by atoms with Crippen molar-refractivity contribution in [2.75, 3.05) is 5.32 Å². The van der Waals surface area contributed by atoms with Crippen LogP contribution in [0.5, 0.6) is 0 Å². The Kier molecular flexibility index (Phi) is 10.2. The molecule has 1 aromatic rings. The summed E-state index contributed by atoms with van der Waals surface area (Å²) in [6.45, 7) is 10.1. The Balaban J connectivity index is 2.20. The maximum Gasteiger partial charge on any atom is 0.416 e. The van der Waals surface area contributed by atoms with Gasteiger partial charge in [0.05, 0.1) is 11.2 Å². The molecule has 35 heavy (non-hydrogen) atoms.